The Morgan fingerprint density at radius 1 is 1.31 bits per heavy atom. The molecule has 0 aromatic carbocycles. The van der Waals surface area contributed by atoms with Crippen molar-refractivity contribution < 1.29 is 19.4 Å². The van der Waals surface area contributed by atoms with Gasteiger partial charge in [-0.2, -0.15) is 0 Å². The van der Waals surface area contributed by atoms with Gasteiger partial charge in [0.25, 0.3) is 0 Å². The molecule has 0 unspecified atom stereocenters. The third kappa shape index (κ3) is 8.19. The number of aliphatic hydroxyl groups excluding tert-OH is 1. The first-order chi connectivity index (χ1) is 7.60. The largest absolute Gasteiger partial charge is 0.453 e. The lowest BCUT2D eigenvalue weighted by Gasteiger charge is -2.15. The van der Waals surface area contributed by atoms with Crippen LogP contribution in [0.2, 0.25) is 0 Å². The fourth-order valence-electron chi connectivity index (χ4n) is 1.20. The summed E-state index contributed by atoms with van der Waals surface area (Å²) in [5.74, 6) is -0.378. The molecule has 0 atom stereocenters. The highest BCUT2D eigenvalue weighted by atomic mass is 16.5. The molecule has 0 aromatic heterocycles. The predicted molar refractivity (Wildman–Crippen MR) is 59.0 cm³/mol. The number of amides is 2. The van der Waals surface area contributed by atoms with Gasteiger partial charge in [-0.3, -0.25) is 15.0 Å². The smallest absolute Gasteiger partial charge is 0.413 e. The molecule has 0 fully saturated rings. The number of alkyl carbamates (subject to hydrolysis) is 1. The summed E-state index contributed by atoms with van der Waals surface area (Å²) in [4.78, 5) is 23.7. The van der Waals surface area contributed by atoms with E-state index >= 15 is 0 Å². The summed E-state index contributed by atoms with van der Waals surface area (Å²) < 4.78 is 4.30. The van der Waals surface area contributed by atoms with Crippen LogP contribution < -0.4 is 5.32 Å². The van der Waals surface area contributed by atoms with Gasteiger partial charge in [-0.15, -0.1) is 0 Å². The number of unbranched alkanes of at least 4 members (excludes halogenated alkanes) is 2. The van der Waals surface area contributed by atoms with Crippen molar-refractivity contribution in [1.82, 2.24) is 10.2 Å². The van der Waals surface area contributed by atoms with Crippen LogP contribution >= 0.6 is 0 Å². The fourth-order valence-corrected chi connectivity index (χ4v) is 1.20. The maximum absolute atomic E-state index is 11.2. The van der Waals surface area contributed by atoms with Crippen molar-refractivity contribution >= 4 is 12.0 Å². The maximum Gasteiger partial charge on any atom is 0.413 e. The first kappa shape index (κ1) is 14.9. The van der Waals surface area contributed by atoms with Gasteiger partial charge in [-0.1, -0.05) is 0 Å². The Balaban J connectivity index is 3.58. The summed E-state index contributed by atoms with van der Waals surface area (Å²) in [5.41, 5.74) is 0. The van der Waals surface area contributed by atoms with Gasteiger partial charge in [-0.25, -0.2) is 4.79 Å². The van der Waals surface area contributed by atoms with E-state index in [4.69, 9.17) is 5.11 Å². The highest BCUT2D eigenvalue weighted by Crippen LogP contribution is 1.96. The Morgan fingerprint density at radius 3 is 2.56 bits per heavy atom. The molecule has 0 bridgehead atoms. The molecule has 2 N–H and O–H groups in total. The Hall–Kier alpha value is -1.14. The van der Waals surface area contributed by atoms with Crippen LogP contribution in [0.15, 0.2) is 0 Å². The third-order valence-corrected chi connectivity index (χ3v) is 2.04. The minimum absolute atomic E-state index is 0.161. The Bertz CT molecular complexity index is 221. The predicted octanol–water partition coefficient (Wildman–Crippen LogP) is -0.0366. The molecule has 0 saturated carbocycles. The quantitative estimate of drug-likeness (QED) is 0.602. The summed E-state index contributed by atoms with van der Waals surface area (Å²) in [5, 5.41) is 10.7. The van der Waals surface area contributed by atoms with Gasteiger partial charge < -0.3 is 9.84 Å². The van der Waals surface area contributed by atoms with E-state index in [9.17, 15) is 9.59 Å². The molecule has 0 radical (unpaired) electrons. The third-order valence-electron chi connectivity index (χ3n) is 2.04. The number of carbonyl (C=O) groups is 2. The van der Waals surface area contributed by atoms with Gasteiger partial charge in [0.05, 0.1) is 13.7 Å². The van der Waals surface area contributed by atoms with Crippen molar-refractivity contribution in [3.63, 3.8) is 0 Å². The number of hydrogen-bond acceptors (Lipinski definition) is 5. The summed E-state index contributed by atoms with van der Waals surface area (Å²) in [6, 6.07) is 0. The number of methoxy groups -OCH3 is 1. The van der Waals surface area contributed by atoms with E-state index in [0.29, 0.717) is 0 Å². The van der Waals surface area contributed by atoms with Crippen LogP contribution in [0.3, 0.4) is 0 Å². The second kappa shape index (κ2) is 9.11. The van der Waals surface area contributed by atoms with E-state index in [-0.39, 0.29) is 19.1 Å². The van der Waals surface area contributed by atoms with Crippen LogP contribution in [0.5, 0.6) is 0 Å². The monoisotopic (exact) mass is 232 g/mol. The zero-order chi connectivity index (χ0) is 12.4. The zero-order valence-electron chi connectivity index (χ0n) is 9.86. The summed E-state index contributed by atoms with van der Waals surface area (Å²) in [7, 11) is 3.01. The van der Waals surface area contributed by atoms with E-state index in [1.807, 2.05) is 4.90 Å². The van der Waals surface area contributed by atoms with Crippen LogP contribution in [-0.2, 0) is 9.53 Å². The summed E-state index contributed by atoms with van der Waals surface area (Å²) in [6.45, 7) is 1.12. The Labute approximate surface area is 95.6 Å². The van der Waals surface area contributed by atoms with Gasteiger partial charge in [0.1, 0.15) is 0 Å². The first-order valence-electron chi connectivity index (χ1n) is 5.27. The molecule has 0 saturated heterocycles. The standard InChI is InChI=1S/C10H20N2O4/c1-12(6-4-3-5-7-13)8-9(14)11-10(15)16-2/h13H,3-8H2,1-2H3,(H,11,14,15). The normalized spacial score (nSPS) is 10.2. The zero-order valence-corrected chi connectivity index (χ0v) is 9.86. The summed E-state index contributed by atoms with van der Waals surface area (Å²) >= 11 is 0. The number of nitrogens with one attached hydrogen (secondary N) is 1. The van der Waals surface area contributed by atoms with Gasteiger partial charge in [0.15, 0.2) is 0 Å². The van der Waals surface area contributed by atoms with E-state index in [1.165, 1.54) is 7.11 Å². The Morgan fingerprint density at radius 2 is 2.00 bits per heavy atom. The number of likely N-dealkylation sites (N-methyl/N-ethyl adjacent to an activating group) is 1. The molecule has 0 heterocycles. The van der Waals surface area contributed by atoms with E-state index < -0.39 is 6.09 Å². The lowest BCUT2D eigenvalue weighted by molar-refractivity contribution is -0.121. The van der Waals surface area contributed by atoms with Crippen molar-refractivity contribution in [3.8, 4) is 0 Å². The van der Waals surface area contributed by atoms with E-state index in [1.54, 1.807) is 7.05 Å². The molecular formula is C10H20N2O4. The maximum atomic E-state index is 11.2. The van der Waals surface area contributed by atoms with Crippen molar-refractivity contribution in [2.24, 2.45) is 0 Å². The fraction of sp³-hybridized carbons (Fsp3) is 0.800. The van der Waals surface area contributed by atoms with Crippen molar-refractivity contribution in [1.29, 1.82) is 0 Å². The van der Waals surface area contributed by atoms with E-state index in [2.05, 4.69) is 10.1 Å². The van der Waals surface area contributed by atoms with Gasteiger partial charge in [0, 0.05) is 6.61 Å². The second-order valence-electron chi connectivity index (χ2n) is 3.56. The average molecular weight is 232 g/mol. The number of ether oxygens (including phenoxy) is 1. The molecule has 94 valence electrons. The molecule has 0 aromatic rings. The van der Waals surface area contributed by atoms with Crippen LogP contribution in [0.25, 0.3) is 0 Å². The van der Waals surface area contributed by atoms with Crippen LogP contribution in [0.1, 0.15) is 19.3 Å². The molecule has 0 rings (SSSR count). The summed E-state index contributed by atoms with van der Waals surface area (Å²) in [6.07, 6.45) is 1.89. The minimum atomic E-state index is -0.737. The molecule has 0 aliphatic heterocycles. The first-order valence-corrected chi connectivity index (χ1v) is 5.27. The van der Waals surface area contributed by atoms with Crippen LogP contribution in [0.4, 0.5) is 4.79 Å². The lowest BCUT2D eigenvalue weighted by atomic mass is 10.2. The number of hydrogen-bond donors (Lipinski definition) is 2. The highest BCUT2D eigenvalue weighted by molar-refractivity contribution is 5.92. The molecule has 16 heavy (non-hydrogen) atoms. The van der Waals surface area contributed by atoms with Gasteiger partial charge in [-0.05, 0) is 32.9 Å². The number of carbonyl (C=O) groups excluding carboxylic acids is 2. The molecule has 6 heteroatoms. The van der Waals surface area contributed by atoms with Crippen molar-refractivity contribution in [3.05, 3.63) is 0 Å². The molecule has 2 amide bonds. The molecule has 0 aliphatic carbocycles. The topological polar surface area (TPSA) is 78.9 Å². The molecular weight excluding hydrogens is 212 g/mol. The SMILES string of the molecule is COC(=O)NC(=O)CN(C)CCCCCO. The van der Waals surface area contributed by atoms with Crippen LogP contribution in [-0.4, -0.2) is 55.9 Å². The number of nitrogens with zero attached hydrogens (tertiary/aromatic N) is 1. The van der Waals surface area contributed by atoms with Gasteiger partial charge in [0.2, 0.25) is 5.91 Å². The Kier molecular flexibility index (Phi) is 8.46. The number of imide groups is 1. The van der Waals surface area contributed by atoms with Crippen LogP contribution in [0, 0.1) is 0 Å². The number of rotatable bonds is 7. The van der Waals surface area contributed by atoms with Crippen molar-refractivity contribution in [2.75, 3.05) is 33.9 Å². The average Bonchev–Trinajstić information content (AvgIpc) is 2.24. The lowest BCUT2D eigenvalue weighted by Crippen LogP contribution is -2.38. The second-order valence-corrected chi connectivity index (χ2v) is 3.56. The molecule has 0 spiro atoms. The van der Waals surface area contributed by atoms with E-state index in [0.717, 1.165) is 25.8 Å². The van der Waals surface area contributed by atoms with Crippen molar-refractivity contribution in [2.45, 2.75) is 19.3 Å². The number of aliphatic hydroxyl groups is 1. The molecule has 0 aliphatic rings. The van der Waals surface area contributed by atoms with Gasteiger partial charge >= 0.3 is 6.09 Å². The molecule has 6 nitrogen and oxygen atoms in total. The highest BCUT2D eigenvalue weighted by Gasteiger charge is 2.09. The minimum Gasteiger partial charge on any atom is -0.453 e.